The molecule has 0 unspecified atom stereocenters. The number of fused-ring (bicyclic) bond motifs is 1. The molecule has 6 heteroatoms. The normalized spacial score (nSPS) is 15.9. The molecule has 0 aliphatic carbocycles. The average Bonchev–Trinajstić information content (AvgIpc) is 2.57. The number of amides is 1. The molecule has 0 bridgehead atoms. The Bertz CT molecular complexity index is 766. The van der Waals surface area contributed by atoms with Gasteiger partial charge in [-0.05, 0) is 43.8 Å². The smallest absolute Gasteiger partial charge is 0.238 e. The number of hydrogen-bond donors (Lipinski definition) is 1. The van der Waals surface area contributed by atoms with Crippen LogP contribution in [0.3, 0.4) is 0 Å². The summed E-state index contributed by atoms with van der Waals surface area (Å²) in [6.07, 6.45) is -0.115. The van der Waals surface area contributed by atoms with Crippen LogP contribution in [0.4, 0.5) is 5.69 Å². The summed E-state index contributed by atoms with van der Waals surface area (Å²) in [6.45, 7) is 3.25. The molecule has 0 saturated carbocycles. The molecule has 1 N–H and O–H groups in total. The lowest BCUT2D eigenvalue weighted by Gasteiger charge is -2.29. The van der Waals surface area contributed by atoms with E-state index in [9.17, 15) is 4.79 Å². The molecular formula is C19H21ClN2O3. The molecule has 5 nitrogen and oxygen atoms in total. The van der Waals surface area contributed by atoms with E-state index in [1.165, 1.54) is 0 Å². The van der Waals surface area contributed by atoms with Crippen LogP contribution in [0.25, 0.3) is 0 Å². The number of nitrogens with zero attached hydrogens (tertiary/aromatic N) is 1. The van der Waals surface area contributed by atoms with Crippen LogP contribution in [-0.4, -0.2) is 43.7 Å². The third-order valence-electron chi connectivity index (χ3n) is 3.90. The van der Waals surface area contributed by atoms with Gasteiger partial charge < -0.3 is 14.8 Å². The van der Waals surface area contributed by atoms with Crippen molar-refractivity contribution in [2.75, 3.05) is 32.1 Å². The maximum atomic E-state index is 12.2. The van der Waals surface area contributed by atoms with E-state index in [4.69, 9.17) is 21.1 Å². The van der Waals surface area contributed by atoms with Gasteiger partial charge in [-0.15, -0.1) is 0 Å². The fraction of sp³-hybridized carbons (Fsp3) is 0.316. The van der Waals surface area contributed by atoms with Crippen LogP contribution in [0.1, 0.15) is 5.56 Å². The highest BCUT2D eigenvalue weighted by atomic mass is 35.5. The molecule has 0 saturated heterocycles. The zero-order chi connectivity index (χ0) is 17.8. The molecule has 1 aliphatic heterocycles. The van der Waals surface area contributed by atoms with E-state index in [0.29, 0.717) is 23.9 Å². The van der Waals surface area contributed by atoms with Crippen molar-refractivity contribution in [3.8, 4) is 11.5 Å². The number of benzene rings is 2. The number of aryl methyl sites for hydroxylation is 1. The molecule has 0 radical (unpaired) electrons. The number of likely N-dealkylation sites (N-methyl/N-ethyl adjacent to an activating group) is 1. The Labute approximate surface area is 152 Å². The number of anilines is 1. The Hall–Kier alpha value is -2.24. The van der Waals surface area contributed by atoms with E-state index < -0.39 is 0 Å². The first-order valence-corrected chi connectivity index (χ1v) is 8.52. The fourth-order valence-electron chi connectivity index (χ4n) is 2.72. The summed E-state index contributed by atoms with van der Waals surface area (Å²) < 4.78 is 11.6. The Morgan fingerprint density at radius 1 is 1.28 bits per heavy atom. The van der Waals surface area contributed by atoms with E-state index in [0.717, 1.165) is 17.1 Å². The SMILES string of the molecule is Cc1ccc(NC(=O)CN(C)C[C@@H]2COc3ccccc3O2)c(Cl)c1. The predicted molar refractivity (Wildman–Crippen MR) is 98.7 cm³/mol. The van der Waals surface area contributed by atoms with E-state index >= 15 is 0 Å². The van der Waals surface area contributed by atoms with E-state index in [1.54, 1.807) is 0 Å². The number of carbonyl (C=O) groups excluding carboxylic acids is 1. The van der Waals surface area contributed by atoms with Crippen LogP contribution >= 0.6 is 11.6 Å². The molecule has 0 aromatic heterocycles. The quantitative estimate of drug-likeness (QED) is 0.888. The van der Waals surface area contributed by atoms with Crippen molar-refractivity contribution in [3.63, 3.8) is 0 Å². The van der Waals surface area contributed by atoms with Gasteiger partial charge >= 0.3 is 0 Å². The Kier molecular flexibility index (Phi) is 5.46. The van der Waals surface area contributed by atoms with E-state index in [2.05, 4.69) is 5.32 Å². The van der Waals surface area contributed by atoms with Gasteiger partial charge in [-0.3, -0.25) is 9.69 Å². The lowest BCUT2D eigenvalue weighted by molar-refractivity contribution is -0.117. The largest absolute Gasteiger partial charge is 0.486 e. The molecule has 1 heterocycles. The minimum atomic E-state index is -0.120. The average molecular weight is 361 g/mol. The van der Waals surface area contributed by atoms with Gasteiger partial charge in [0, 0.05) is 6.54 Å². The van der Waals surface area contributed by atoms with Gasteiger partial charge in [-0.2, -0.15) is 0 Å². The first-order chi connectivity index (χ1) is 12.0. The van der Waals surface area contributed by atoms with E-state index in [1.807, 2.05) is 61.3 Å². The molecule has 2 aromatic carbocycles. The number of carbonyl (C=O) groups is 1. The summed E-state index contributed by atoms with van der Waals surface area (Å²) in [5.74, 6) is 1.38. The maximum absolute atomic E-state index is 12.2. The van der Waals surface area contributed by atoms with Crippen LogP contribution in [0.5, 0.6) is 11.5 Å². The van der Waals surface area contributed by atoms with Crippen molar-refractivity contribution in [3.05, 3.63) is 53.1 Å². The third kappa shape index (κ3) is 4.65. The second-order valence-corrected chi connectivity index (χ2v) is 6.63. The molecule has 1 aliphatic rings. The Balaban J connectivity index is 1.51. The predicted octanol–water partition coefficient (Wildman–Crippen LogP) is 3.36. The zero-order valence-electron chi connectivity index (χ0n) is 14.3. The molecule has 0 spiro atoms. The maximum Gasteiger partial charge on any atom is 0.238 e. The lowest BCUT2D eigenvalue weighted by Crippen LogP contribution is -2.42. The van der Waals surface area contributed by atoms with Gasteiger partial charge in [-0.1, -0.05) is 29.8 Å². The summed E-state index contributed by atoms with van der Waals surface area (Å²) in [7, 11) is 1.88. The van der Waals surface area contributed by atoms with E-state index in [-0.39, 0.29) is 18.6 Å². The summed E-state index contributed by atoms with van der Waals surface area (Å²) >= 11 is 6.15. The number of ether oxygens (including phenoxy) is 2. The fourth-order valence-corrected chi connectivity index (χ4v) is 3.00. The van der Waals surface area contributed by atoms with Crippen LogP contribution in [0.2, 0.25) is 5.02 Å². The number of hydrogen-bond acceptors (Lipinski definition) is 4. The first kappa shape index (κ1) is 17.6. The molecule has 2 aromatic rings. The van der Waals surface area contributed by atoms with Crippen LogP contribution in [-0.2, 0) is 4.79 Å². The van der Waals surface area contributed by atoms with Crippen molar-refractivity contribution in [1.29, 1.82) is 0 Å². The van der Waals surface area contributed by atoms with Gasteiger partial charge in [-0.25, -0.2) is 0 Å². The summed E-state index contributed by atoms with van der Waals surface area (Å²) in [6, 6.07) is 13.1. The Morgan fingerprint density at radius 2 is 2.04 bits per heavy atom. The van der Waals surface area contributed by atoms with Gasteiger partial charge in [0.2, 0.25) is 5.91 Å². The topological polar surface area (TPSA) is 50.8 Å². The second-order valence-electron chi connectivity index (χ2n) is 6.23. The lowest BCUT2D eigenvalue weighted by atomic mass is 10.2. The van der Waals surface area contributed by atoms with Crippen molar-refractivity contribution in [2.24, 2.45) is 0 Å². The van der Waals surface area contributed by atoms with Crippen LogP contribution in [0.15, 0.2) is 42.5 Å². The van der Waals surface area contributed by atoms with Crippen LogP contribution < -0.4 is 14.8 Å². The summed E-state index contributed by atoms with van der Waals surface area (Å²) in [5, 5.41) is 3.38. The standard InChI is InChI=1S/C19H21ClN2O3/c1-13-7-8-16(15(20)9-13)21-19(23)11-22(2)10-14-12-24-17-5-3-4-6-18(17)25-14/h3-9,14H,10-12H2,1-2H3,(H,21,23)/t14-/m1/s1. The van der Waals surface area contributed by atoms with Crippen molar-refractivity contribution in [2.45, 2.75) is 13.0 Å². The highest BCUT2D eigenvalue weighted by Crippen LogP contribution is 2.31. The van der Waals surface area contributed by atoms with Crippen LogP contribution in [0, 0.1) is 6.92 Å². The van der Waals surface area contributed by atoms with Gasteiger partial charge in [0.1, 0.15) is 12.7 Å². The van der Waals surface area contributed by atoms with Gasteiger partial charge in [0.15, 0.2) is 11.5 Å². The second kappa shape index (κ2) is 7.76. The molecule has 132 valence electrons. The van der Waals surface area contributed by atoms with Crippen molar-refractivity contribution in [1.82, 2.24) is 4.90 Å². The van der Waals surface area contributed by atoms with Crippen molar-refractivity contribution < 1.29 is 14.3 Å². The molecular weight excluding hydrogens is 340 g/mol. The number of para-hydroxylation sites is 2. The molecule has 25 heavy (non-hydrogen) atoms. The summed E-state index contributed by atoms with van der Waals surface area (Å²) in [5.41, 5.74) is 1.67. The third-order valence-corrected chi connectivity index (χ3v) is 4.21. The number of rotatable bonds is 5. The summed E-state index contributed by atoms with van der Waals surface area (Å²) in [4.78, 5) is 14.1. The number of nitrogens with one attached hydrogen (secondary N) is 1. The first-order valence-electron chi connectivity index (χ1n) is 8.14. The van der Waals surface area contributed by atoms with Gasteiger partial charge in [0.25, 0.3) is 0 Å². The monoisotopic (exact) mass is 360 g/mol. The minimum Gasteiger partial charge on any atom is -0.486 e. The highest BCUT2D eigenvalue weighted by Gasteiger charge is 2.22. The molecule has 3 rings (SSSR count). The molecule has 1 amide bonds. The Morgan fingerprint density at radius 3 is 2.80 bits per heavy atom. The number of halogens is 1. The highest BCUT2D eigenvalue weighted by molar-refractivity contribution is 6.33. The van der Waals surface area contributed by atoms with Crippen molar-refractivity contribution >= 4 is 23.2 Å². The zero-order valence-corrected chi connectivity index (χ0v) is 15.0. The molecule has 0 fully saturated rings. The minimum absolute atomic E-state index is 0.115. The van der Waals surface area contributed by atoms with Gasteiger partial charge in [0.05, 0.1) is 17.3 Å². The molecule has 1 atom stereocenters.